The Kier molecular flexibility index (Phi) is 4.80. The number of carboxylic acid groups (broad SMARTS) is 1. The molecule has 0 radical (unpaired) electrons. The lowest BCUT2D eigenvalue weighted by Gasteiger charge is -2.18. The van der Waals surface area contributed by atoms with Gasteiger partial charge < -0.3 is 15.5 Å². The number of hydrogen-bond donors (Lipinski definition) is 3. The van der Waals surface area contributed by atoms with E-state index in [-0.39, 0.29) is 12.8 Å². The summed E-state index contributed by atoms with van der Waals surface area (Å²) in [4.78, 5) is 10.4. The lowest BCUT2D eigenvalue weighted by molar-refractivity contribution is -0.137. The van der Waals surface area contributed by atoms with Gasteiger partial charge in [0.15, 0.2) is 0 Å². The maximum absolute atomic E-state index is 10.4. The number of rotatable bonds is 6. The molecule has 1 unspecified atom stereocenters. The molecular formula is C15H21NO3. The number of aliphatic carboxylic acids is 1. The third-order valence-corrected chi connectivity index (χ3v) is 3.58. The fraction of sp³-hybridized carbons (Fsp3) is 0.533. The molecule has 1 aromatic carbocycles. The van der Waals surface area contributed by atoms with E-state index < -0.39 is 12.1 Å². The molecule has 1 aromatic rings. The number of fused-ring (bicyclic) bond motifs is 1. The lowest BCUT2D eigenvalue weighted by atomic mass is 9.91. The molecule has 0 amide bonds. The zero-order valence-electron chi connectivity index (χ0n) is 11.1. The second-order valence-electron chi connectivity index (χ2n) is 5.16. The topological polar surface area (TPSA) is 69.6 Å². The minimum Gasteiger partial charge on any atom is -0.481 e. The average Bonchev–Trinajstić information content (AvgIpc) is 2.42. The van der Waals surface area contributed by atoms with Gasteiger partial charge in [0.25, 0.3) is 0 Å². The van der Waals surface area contributed by atoms with Crippen LogP contribution >= 0.6 is 0 Å². The Bertz CT molecular complexity index is 445. The summed E-state index contributed by atoms with van der Waals surface area (Å²) in [5.74, 6) is -0.868. The number of aryl methyl sites for hydroxylation is 2. The molecule has 0 heterocycles. The van der Waals surface area contributed by atoms with Crippen molar-refractivity contribution in [1.29, 1.82) is 0 Å². The van der Waals surface area contributed by atoms with Gasteiger partial charge in [-0.25, -0.2) is 0 Å². The molecule has 1 aliphatic rings. The van der Waals surface area contributed by atoms with Gasteiger partial charge in [-0.3, -0.25) is 4.79 Å². The molecule has 19 heavy (non-hydrogen) atoms. The lowest BCUT2D eigenvalue weighted by Crippen LogP contribution is -2.20. The highest BCUT2D eigenvalue weighted by atomic mass is 16.4. The predicted octanol–water partition coefficient (Wildman–Crippen LogP) is 2.20. The van der Waals surface area contributed by atoms with Gasteiger partial charge in [-0.05, 0) is 55.4 Å². The van der Waals surface area contributed by atoms with Crippen LogP contribution in [0.2, 0.25) is 0 Å². The molecule has 0 bridgehead atoms. The Hall–Kier alpha value is -1.55. The van der Waals surface area contributed by atoms with Crippen LogP contribution in [-0.2, 0) is 17.6 Å². The average molecular weight is 263 g/mol. The summed E-state index contributed by atoms with van der Waals surface area (Å²) < 4.78 is 0. The molecule has 4 nitrogen and oxygen atoms in total. The smallest absolute Gasteiger partial charge is 0.303 e. The molecule has 0 saturated heterocycles. The van der Waals surface area contributed by atoms with E-state index in [0.29, 0.717) is 6.54 Å². The van der Waals surface area contributed by atoms with Crippen molar-refractivity contribution in [2.24, 2.45) is 0 Å². The van der Waals surface area contributed by atoms with Gasteiger partial charge in [0.1, 0.15) is 0 Å². The highest BCUT2D eigenvalue weighted by molar-refractivity contribution is 5.66. The zero-order valence-corrected chi connectivity index (χ0v) is 11.1. The number of aliphatic hydroxyl groups is 1. The van der Waals surface area contributed by atoms with E-state index in [1.165, 1.54) is 24.0 Å². The number of hydrogen-bond acceptors (Lipinski definition) is 3. The molecule has 0 saturated carbocycles. The maximum Gasteiger partial charge on any atom is 0.303 e. The van der Waals surface area contributed by atoms with Crippen LogP contribution < -0.4 is 5.32 Å². The second-order valence-corrected chi connectivity index (χ2v) is 5.16. The summed E-state index contributed by atoms with van der Waals surface area (Å²) in [7, 11) is 0. The first kappa shape index (κ1) is 13.9. The third-order valence-electron chi connectivity index (χ3n) is 3.58. The molecule has 104 valence electrons. The first-order valence-corrected chi connectivity index (χ1v) is 6.90. The number of carbonyl (C=O) groups is 1. The SMILES string of the molecule is O=C(O)CCC(O)CNc1ccc2c(c1)CCCC2. The summed E-state index contributed by atoms with van der Waals surface area (Å²) in [5.41, 5.74) is 3.84. The Morgan fingerprint density at radius 3 is 2.74 bits per heavy atom. The molecule has 0 spiro atoms. The molecule has 0 aromatic heterocycles. The number of benzene rings is 1. The van der Waals surface area contributed by atoms with Crippen LogP contribution in [0.1, 0.15) is 36.8 Å². The van der Waals surface area contributed by atoms with Gasteiger partial charge in [-0.15, -0.1) is 0 Å². The number of nitrogens with one attached hydrogen (secondary N) is 1. The van der Waals surface area contributed by atoms with Crippen LogP contribution in [-0.4, -0.2) is 28.8 Å². The van der Waals surface area contributed by atoms with Crippen molar-refractivity contribution in [3.63, 3.8) is 0 Å². The van der Waals surface area contributed by atoms with E-state index >= 15 is 0 Å². The summed E-state index contributed by atoms with van der Waals surface area (Å²) in [6.45, 7) is 0.395. The van der Waals surface area contributed by atoms with Crippen molar-refractivity contribution >= 4 is 11.7 Å². The van der Waals surface area contributed by atoms with Crippen molar-refractivity contribution < 1.29 is 15.0 Å². The van der Waals surface area contributed by atoms with Gasteiger partial charge in [0.2, 0.25) is 0 Å². The van der Waals surface area contributed by atoms with Crippen LogP contribution in [0.5, 0.6) is 0 Å². The van der Waals surface area contributed by atoms with Gasteiger partial charge in [0, 0.05) is 18.7 Å². The monoisotopic (exact) mass is 263 g/mol. The van der Waals surface area contributed by atoms with Gasteiger partial charge >= 0.3 is 5.97 Å². The van der Waals surface area contributed by atoms with Crippen LogP contribution in [0.25, 0.3) is 0 Å². The molecule has 1 aliphatic carbocycles. The van der Waals surface area contributed by atoms with E-state index in [0.717, 1.165) is 18.5 Å². The van der Waals surface area contributed by atoms with Gasteiger partial charge in [-0.2, -0.15) is 0 Å². The normalized spacial score (nSPS) is 15.6. The Morgan fingerprint density at radius 2 is 2.00 bits per heavy atom. The van der Waals surface area contributed by atoms with E-state index in [4.69, 9.17) is 5.11 Å². The fourth-order valence-electron chi connectivity index (χ4n) is 2.47. The molecule has 4 heteroatoms. The van der Waals surface area contributed by atoms with Crippen molar-refractivity contribution in [1.82, 2.24) is 0 Å². The van der Waals surface area contributed by atoms with Crippen LogP contribution in [0.15, 0.2) is 18.2 Å². The van der Waals surface area contributed by atoms with E-state index in [2.05, 4.69) is 17.4 Å². The van der Waals surface area contributed by atoms with E-state index in [1.54, 1.807) is 0 Å². The van der Waals surface area contributed by atoms with Crippen LogP contribution in [0, 0.1) is 0 Å². The van der Waals surface area contributed by atoms with Crippen molar-refractivity contribution in [3.8, 4) is 0 Å². The first-order valence-electron chi connectivity index (χ1n) is 6.90. The van der Waals surface area contributed by atoms with Gasteiger partial charge in [0.05, 0.1) is 6.10 Å². The quantitative estimate of drug-likeness (QED) is 0.736. The highest BCUT2D eigenvalue weighted by Crippen LogP contribution is 2.24. The molecule has 1 atom stereocenters. The highest BCUT2D eigenvalue weighted by Gasteiger charge is 2.10. The fourth-order valence-corrected chi connectivity index (χ4v) is 2.47. The molecule has 0 fully saturated rings. The summed E-state index contributed by atoms with van der Waals surface area (Å²) in [6, 6.07) is 6.34. The number of aliphatic hydroxyl groups excluding tert-OH is 1. The minimum absolute atomic E-state index is 0.00698. The Balaban J connectivity index is 1.84. The summed E-state index contributed by atoms with van der Waals surface area (Å²) >= 11 is 0. The van der Waals surface area contributed by atoms with Crippen molar-refractivity contribution in [3.05, 3.63) is 29.3 Å². The Morgan fingerprint density at radius 1 is 1.26 bits per heavy atom. The van der Waals surface area contributed by atoms with E-state index in [1.807, 2.05) is 6.07 Å². The molecule has 2 rings (SSSR count). The standard InChI is InChI=1S/C15H21NO3/c17-14(7-8-15(18)19)10-16-13-6-5-11-3-1-2-4-12(11)9-13/h5-6,9,14,16-17H,1-4,7-8,10H2,(H,18,19). The number of carboxylic acids is 1. The largest absolute Gasteiger partial charge is 0.481 e. The van der Waals surface area contributed by atoms with Crippen LogP contribution in [0.3, 0.4) is 0 Å². The minimum atomic E-state index is -0.868. The molecule has 3 N–H and O–H groups in total. The van der Waals surface area contributed by atoms with Gasteiger partial charge in [-0.1, -0.05) is 6.07 Å². The predicted molar refractivity (Wildman–Crippen MR) is 74.5 cm³/mol. The molecule has 0 aliphatic heterocycles. The first-order chi connectivity index (χ1) is 9.15. The van der Waals surface area contributed by atoms with Crippen molar-refractivity contribution in [2.45, 2.75) is 44.6 Å². The van der Waals surface area contributed by atoms with E-state index in [9.17, 15) is 9.90 Å². The second kappa shape index (κ2) is 6.57. The summed E-state index contributed by atoms with van der Waals surface area (Å²) in [5, 5.41) is 21.4. The zero-order chi connectivity index (χ0) is 13.7. The molecular weight excluding hydrogens is 242 g/mol. The third kappa shape index (κ3) is 4.24. The van der Waals surface area contributed by atoms with Crippen LogP contribution in [0.4, 0.5) is 5.69 Å². The number of anilines is 1. The maximum atomic E-state index is 10.4. The Labute approximate surface area is 113 Å². The summed E-state index contributed by atoms with van der Waals surface area (Å²) in [6.07, 6.45) is 4.49. The van der Waals surface area contributed by atoms with Crippen molar-refractivity contribution in [2.75, 3.05) is 11.9 Å².